The second-order valence-corrected chi connectivity index (χ2v) is 6.84. The van der Waals surface area contributed by atoms with E-state index in [4.69, 9.17) is 26.8 Å². The first-order valence-electron chi connectivity index (χ1n) is 9.14. The van der Waals surface area contributed by atoms with Crippen molar-refractivity contribution in [2.45, 2.75) is 13.5 Å². The Balaban J connectivity index is 1.79. The van der Waals surface area contributed by atoms with E-state index in [-0.39, 0.29) is 18.8 Å². The molecule has 3 rings (SSSR count). The first-order chi connectivity index (χ1) is 14.4. The number of nitrogens with two attached hydrogens (primary N) is 1. The molecule has 1 aliphatic heterocycles. The van der Waals surface area contributed by atoms with Crippen LogP contribution >= 0.6 is 11.6 Å². The highest BCUT2D eigenvalue weighted by molar-refractivity contribution is 6.30. The molecule has 0 bridgehead atoms. The number of primary amides is 1. The summed E-state index contributed by atoms with van der Waals surface area (Å²) in [6.45, 7) is 2.02. The highest BCUT2D eigenvalue weighted by Crippen LogP contribution is 2.30. The molecule has 1 fully saturated rings. The SMILES string of the molecule is CCOc1cc(C=C2NC(=O)N(Cc3ccc(Cl)cc3)C2=O)ccc1OCC(N)=O. The van der Waals surface area contributed by atoms with Gasteiger partial charge in [0.2, 0.25) is 0 Å². The van der Waals surface area contributed by atoms with E-state index >= 15 is 0 Å². The molecule has 4 amide bonds. The van der Waals surface area contributed by atoms with E-state index in [0.717, 1.165) is 10.5 Å². The molecule has 0 spiro atoms. The number of nitrogens with zero attached hydrogens (tertiary/aromatic N) is 1. The Morgan fingerprint density at radius 2 is 1.87 bits per heavy atom. The summed E-state index contributed by atoms with van der Waals surface area (Å²) in [6.07, 6.45) is 1.54. The molecular formula is C21H20ClN3O5. The lowest BCUT2D eigenvalue weighted by atomic mass is 10.1. The van der Waals surface area contributed by atoms with Crippen molar-refractivity contribution < 1.29 is 23.9 Å². The number of nitrogens with one attached hydrogen (secondary N) is 1. The summed E-state index contributed by atoms with van der Waals surface area (Å²) in [5, 5.41) is 3.15. The molecule has 0 atom stereocenters. The van der Waals surface area contributed by atoms with Gasteiger partial charge in [0.1, 0.15) is 5.70 Å². The van der Waals surface area contributed by atoms with E-state index < -0.39 is 17.8 Å². The lowest BCUT2D eigenvalue weighted by Crippen LogP contribution is -2.30. The summed E-state index contributed by atoms with van der Waals surface area (Å²) in [5.41, 5.74) is 6.63. The van der Waals surface area contributed by atoms with E-state index in [0.29, 0.717) is 28.7 Å². The molecule has 1 saturated heterocycles. The van der Waals surface area contributed by atoms with E-state index in [1.807, 2.05) is 0 Å². The van der Waals surface area contributed by atoms with Crippen LogP contribution in [0.15, 0.2) is 48.2 Å². The van der Waals surface area contributed by atoms with E-state index in [9.17, 15) is 14.4 Å². The van der Waals surface area contributed by atoms with Gasteiger partial charge in [-0.25, -0.2) is 4.79 Å². The van der Waals surface area contributed by atoms with Crippen LogP contribution in [0.5, 0.6) is 11.5 Å². The largest absolute Gasteiger partial charge is 0.490 e. The molecule has 0 radical (unpaired) electrons. The molecule has 1 aliphatic rings. The highest BCUT2D eigenvalue weighted by atomic mass is 35.5. The predicted octanol–water partition coefficient (Wildman–Crippen LogP) is 2.70. The van der Waals surface area contributed by atoms with Crippen LogP contribution in [-0.4, -0.2) is 36.0 Å². The topological polar surface area (TPSA) is 111 Å². The molecule has 0 saturated carbocycles. The maximum atomic E-state index is 12.7. The molecule has 9 heteroatoms. The Hall–Kier alpha value is -3.52. The molecule has 0 aliphatic carbocycles. The van der Waals surface area contributed by atoms with Crippen LogP contribution in [0.25, 0.3) is 6.08 Å². The minimum absolute atomic E-state index is 0.128. The van der Waals surface area contributed by atoms with Crippen molar-refractivity contribution in [1.29, 1.82) is 0 Å². The number of carbonyl (C=O) groups excluding carboxylic acids is 3. The van der Waals surface area contributed by atoms with Gasteiger partial charge in [-0.3, -0.25) is 14.5 Å². The number of imide groups is 1. The average Bonchev–Trinajstić information content (AvgIpc) is 2.96. The van der Waals surface area contributed by atoms with Crippen LogP contribution in [0.2, 0.25) is 5.02 Å². The number of hydrogen-bond donors (Lipinski definition) is 2. The van der Waals surface area contributed by atoms with Gasteiger partial charge >= 0.3 is 6.03 Å². The Morgan fingerprint density at radius 1 is 1.13 bits per heavy atom. The van der Waals surface area contributed by atoms with Crippen molar-refractivity contribution in [3.8, 4) is 11.5 Å². The zero-order valence-corrected chi connectivity index (χ0v) is 16.9. The van der Waals surface area contributed by atoms with Crippen LogP contribution in [0.4, 0.5) is 4.79 Å². The molecule has 0 aromatic heterocycles. The van der Waals surface area contributed by atoms with Gasteiger partial charge in [-0.2, -0.15) is 0 Å². The molecule has 156 valence electrons. The van der Waals surface area contributed by atoms with Crippen LogP contribution < -0.4 is 20.5 Å². The van der Waals surface area contributed by atoms with Gasteiger partial charge in [0.15, 0.2) is 18.1 Å². The third kappa shape index (κ3) is 5.09. The van der Waals surface area contributed by atoms with Gasteiger partial charge in [-0.05, 0) is 48.4 Å². The zero-order chi connectivity index (χ0) is 21.7. The number of ether oxygens (including phenoxy) is 2. The van der Waals surface area contributed by atoms with Crippen molar-refractivity contribution in [2.24, 2.45) is 5.73 Å². The maximum Gasteiger partial charge on any atom is 0.329 e. The summed E-state index contributed by atoms with van der Waals surface area (Å²) >= 11 is 5.87. The predicted molar refractivity (Wildman–Crippen MR) is 111 cm³/mol. The first-order valence-corrected chi connectivity index (χ1v) is 9.52. The average molecular weight is 430 g/mol. The summed E-state index contributed by atoms with van der Waals surface area (Å²) < 4.78 is 10.9. The summed E-state index contributed by atoms with van der Waals surface area (Å²) in [4.78, 5) is 37.0. The van der Waals surface area contributed by atoms with Crippen LogP contribution in [0.3, 0.4) is 0 Å². The Kier molecular flexibility index (Phi) is 6.58. The summed E-state index contributed by atoms with van der Waals surface area (Å²) in [5.74, 6) is -0.308. The van der Waals surface area contributed by atoms with Crippen molar-refractivity contribution in [2.75, 3.05) is 13.2 Å². The Labute approximate surface area is 178 Å². The molecule has 8 nitrogen and oxygen atoms in total. The van der Waals surface area contributed by atoms with Crippen LogP contribution in [-0.2, 0) is 16.1 Å². The summed E-state index contributed by atoms with van der Waals surface area (Å²) in [6, 6.07) is 11.3. The maximum absolute atomic E-state index is 12.7. The number of carbonyl (C=O) groups is 3. The quantitative estimate of drug-likeness (QED) is 0.495. The molecule has 2 aromatic rings. The second kappa shape index (κ2) is 9.32. The van der Waals surface area contributed by atoms with Gasteiger partial charge in [0.05, 0.1) is 13.2 Å². The highest BCUT2D eigenvalue weighted by Gasteiger charge is 2.33. The molecule has 1 heterocycles. The van der Waals surface area contributed by atoms with Crippen LogP contribution in [0, 0.1) is 0 Å². The summed E-state index contributed by atoms with van der Waals surface area (Å²) in [7, 11) is 0. The van der Waals surface area contributed by atoms with Gasteiger partial charge in [0, 0.05) is 5.02 Å². The number of amides is 4. The molecular weight excluding hydrogens is 410 g/mol. The molecule has 30 heavy (non-hydrogen) atoms. The van der Waals surface area contributed by atoms with Gasteiger partial charge in [-0.1, -0.05) is 29.8 Å². The minimum Gasteiger partial charge on any atom is -0.490 e. The number of halogens is 1. The van der Waals surface area contributed by atoms with Crippen molar-refractivity contribution >= 4 is 35.5 Å². The Morgan fingerprint density at radius 3 is 2.53 bits per heavy atom. The lowest BCUT2D eigenvalue weighted by Gasteiger charge is -2.12. The fourth-order valence-electron chi connectivity index (χ4n) is 2.81. The third-order valence-electron chi connectivity index (χ3n) is 4.16. The zero-order valence-electron chi connectivity index (χ0n) is 16.2. The van der Waals surface area contributed by atoms with Gasteiger partial charge in [-0.15, -0.1) is 0 Å². The minimum atomic E-state index is -0.608. The normalized spacial score (nSPS) is 14.7. The van der Waals surface area contributed by atoms with Crippen molar-refractivity contribution in [1.82, 2.24) is 10.2 Å². The molecule has 3 N–H and O–H groups in total. The fourth-order valence-corrected chi connectivity index (χ4v) is 2.93. The lowest BCUT2D eigenvalue weighted by molar-refractivity contribution is -0.123. The molecule has 0 unspecified atom stereocenters. The van der Waals surface area contributed by atoms with Crippen molar-refractivity contribution in [3.63, 3.8) is 0 Å². The molecule has 2 aromatic carbocycles. The fraction of sp³-hybridized carbons (Fsp3) is 0.190. The second-order valence-electron chi connectivity index (χ2n) is 6.40. The van der Waals surface area contributed by atoms with Gasteiger partial charge < -0.3 is 20.5 Å². The third-order valence-corrected chi connectivity index (χ3v) is 4.42. The monoisotopic (exact) mass is 429 g/mol. The standard InChI is InChI=1S/C21H20ClN3O5/c1-2-29-18-10-14(5-8-17(18)30-12-19(23)26)9-16-20(27)25(21(28)24-16)11-13-3-6-15(22)7-4-13/h3-10H,2,11-12H2,1H3,(H2,23,26)(H,24,28). The number of benzene rings is 2. The number of rotatable bonds is 8. The van der Waals surface area contributed by atoms with E-state index in [1.54, 1.807) is 55.5 Å². The van der Waals surface area contributed by atoms with Gasteiger partial charge in [0.25, 0.3) is 11.8 Å². The van der Waals surface area contributed by atoms with Crippen molar-refractivity contribution in [3.05, 3.63) is 64.3 Å². The number of hydrogen-bond acceptors (Lipinski definition) is 5. The van der Waals surface area contributed by atoms with Crippen LogP contribution in [0.1, 0.15) is 18.1 Å². The first kappa shape index (κ1) is 21.2. The smallest absolute Gasteiger partial charge is 0.329 e. The number of urea groups is 1. The van der Waals surface area contributed by atoms with E-state index in [2.05, 4.69) is 5.32 Å². The Bertz CT molecular complexity index is 1000. The van der Waals surface area contributed by atoms with E-state index in [1.165, 1.54) is 0 Å².